The zero-order valence-corrected chi connectivity index (χ0v) is 21.8. The standard InChI is InChI=1S/C31H30F3NO4/c1-15-4-24(32)20(14-38-27-9-18-5-22-28(16(2)36)29(22)23(18)12-35-27)6-21(15)19-7-25(33)30(26(34)8-19)39-13-17-10-31(3,37)11-17/h4,6-9,12,17,22,28-29,36-37H,2,5,10-11,13-14H2,1,3H3/t17?,22-,28-,29+,31?/m0/s1. The Kier molecular flexibility index (Phi) is 6.14. The molecule has 2 N–H and O–H groups in total. The van der Waals surface area contributed by atoms with Crippen molar-refractivity contribution in [2.24, 2.45) is 17.8 Å². The molecule has 2 saturated carbocycles. The first-order valence-corrected chi connectivity index (χ1v) is 13.1. The quantitative estimate of drug-likeness (QED) is 0.319. The van der Waals surface area contributed by atoms with Crippen molar-refractivity contribution >= 4 is 0 Å². The number of aliphatic hydroxyl groups excluding tert-OH is 1. The number of rotatable bonds is 8. The zero-order chi connectivity index (χ0) is 27.6. The molecule has 0 bridgehead atoms. The van der Waals surface area contributed by atoms with Gasteiger partial charge in [-0.1, -0.05) is 6.58 Å². The largest absolute Gasteiger partial charge is 0.513 e. The Bertz CT molecular complexity index is 1460. The van der Waals surface area contributed by atoms with E-state index in [1.165, 1.54) is 24.3 Å². The van der Waals surface area contributed by atoms with Gasteiger partial charge in [-0.25, -0.2) is 18.2 Å². The summed E-state index contributed by atoms with van der Waals surface area (Å²) in [6.45, 7) is 7.06. The molecular formula is C31H30F3NO4. The normalized spacial score (nSPS) is 26.4. The molecule has 0 radical (unpaired) electrons. The highest BCUT2D eigenvalue weighted by atomic mass is 19.1. The highest BCUT2D eigenvalue weighted by molar-refractivity contribution is 5.69. The van der Waals surface area contributed by atoms with Gasteiger partial charge in [0.1, 0.15) is 12.4 Å². The third-order valence-corrected chi connectivity index (χ3v) is 8.37. The van der Waals surface area contributed by atoms with Gasteiger partial charge in [0.25, 0.3) is 0 Å². The highest BCUT2D eigenvalue weighted by Crippen LogP contribution is 2.63. The minimum absolute atomic E-state index is 0.0451. The molecule has 0 amide bonds. The van der Waals surface area contributed by atoms with E-state index in [0.29, 0.717) is 35.8 Å². The lowest BCUT2D eigenvalue weighted by atomic mass is 9.73. The van der Waals surface area contributed by atoms with Gasteiger partial charge in [0.05, 0.1) is 18.0 Å². The third kappa shape index (κ3) is 4.75. The first-order chi connectivity index (χ1) is 18.5. The number of fused-ring (bicyclic) bond motifs is 3. The molecule has 3 aromatic rings. The second-order valence-electron chi connectivity index (χ2n) is 11.5. The maximum atomic E-state index is 14.9. The van der Waals surface area contributed by atoms with Gasteiger partial charge < -0.3 is 19.7 Å². The molecular weight excluding hydrogens is 507 g/mol. The third-order valence-electron chi connectivity index (χ3n) is 8.37. The van der Waals surface area contributed by atoms with Crippen molar-refractivity contribution in [3.8, 4) is 22.8 Å². The van der Waals surface area contributed by atoms with Crippen molar-refractivity contribution in [3.63, 3.8) is 0 Å². The molecule has 0 aliphatic heterocycles. The van der Waals surface area contributed by atoms with Crippen molar-refractivity contribution < 1.29 is 32.9 Å². The summed E-state index contributed by atoms with van der Waals surface area (Å²) < 4.78 is 55.8. The van der Waals surface area contributed by atoms with Crippen LogP contribution in [-0.4, -0.2) is 27.4 Å². The average Bonchev–Trinajstić information content (AvgIpc) is 3.44. The Labute approximate surface area is 224 Å². The number of hydrogen-bond donors (Lipinski definition) is 2. The Morgan fingerprint density at radius 3 is 2.46 bits per heavy atom. The van der Waals surface area contributed by atoms with Crippen molar-refractivity contribution in [2.75, 3.05) is 6.61 Å². The Morgan fingerprint density at radius 1 is 1.08 bits per heavy atom. The maximum Gasteiger partial charge on any atom is 0.213 e. The summed E-state index contributed by atoms with van der Waals surface area (Å²) in [4.78, 5) is 4.36. The van der Waals surface area contributed by atoms with Crippen LogP contribution in [0.5, 0.6) is 11.6 Å². The summed E-state index contributed by atoms with van der Waals surface area (Å²) in [5, 5.41) is 19.6. The van der Waals surface area contributed by atoms with Crippen LogP contribution in [0.2, 0.25) is 0 Å². The molecule has 39 heavy (non-hydrogen) atoms. The minimum Gasteiger partial charge on any atom is -0.513 e. The Morgan fingerprint density at radius 2 is 1.79 bits per heavy atom. The number of nitrogens with zero attached hydrogens (tertiary/aromatic N) is 1. The van der Waals surface area contributed by atoms with E-state index in [1.807, 2.05) is 6.07 Å². The Hall–Kier alpha value is -3.52. The van der Waals surface area contributed by atoms with Gasteiger partial charge in [0, 0.05) is 23.7 Å². The lowest BCUT2D eigenvalue weighted by Crippen LogP contribution is -2.43. The van der Waals surface area contributed by atoms with Crippen molar-refractivity contribution in [3.05, 3.63) is 88.6 Å². The lowest BCUT2D eigenvalue weighted by molar-refractivity contribution is -0.0695. The van der Waals surface area contributed by atoms with Gasteiger partial charge in [-0.05, 0) is 103 Å². The summed E-state index contributed by atoms with van der Waals surface area (Å²) in [5.74, 6) is -1.30. The van der Waals surface area contributed by atoms with Crippen molar-refractivity contribution in [1.82, 2.24) is 4.98 Å². The monoisotopic (exact) mass is 537 g/mol. The summed E-state index contributed by atoms with van der Waals surface area (Å²) in [7, 11) is 0. The number of allylic oxidation sites excluding steroid dienone is 1. The molecule has 3 aliphatic rings. The SMILES string of the molecule is C=C(O)[C@H]1[C@@H]2Cc3cc(OCc4cc(-c5cc(F)c(OCC6CC(C)(O)C6)c(F)c5)c(C)cc4F)ncc3[C@@H]21. The van der Waals surface area contributed by atoms with Gasteiger partial charge in [-0.3, -0.25) is 0 Å². The van der Waals surface area contributed by atoms with Crippen LogP contribution in [-0.2, 0) is 13.0 Å². The van der Waals surface area contributed by atoms with E-state index in [-0.39, 0.29) is 47.9 Å². The van der Waals surface area contributed by atoms with E-state index in [9.17, 15) is 23.4 Å². The van der Waals surface area contributed by atoms with Gasteiger partial charge in [-0.2, -0.15) is 0 Å². The van der Waals surface area contributed by atoms with E-state index >= 15 is 0 Å². The first kappa shape index (κ1) is 25.7. The number of aliphatic hydroxyl groups is 2. The number of halogens is 3. The minimum atomic E-state index is -0.843. The van der Waals surface area contributed by atoms with E-state index in [4.69, 9.17) is 9.47 Å². The highest BCUT2D eigenvalue weighted by Gasteiger charge is 2.57. The molecule has 204 valence electrons. The predicted molar refractivity (Wildman–Crippen MR) is 139 cm³/mol. The average molecular weight is 538 g/mol. The van der Waals surface area contributed by atoms with Gasteiger partial charge in [0.2, 0.25) is 5.88 Å². The van der Waals surface area contributed by atoms with Gasteiger partial charge in [-0.15, -0.1) is 0 Å². The molecule has 5 nitrogen and oxygen atoms in total. The van der Waals surface area contributed by atoms with Crippen LogP contribution in [0, 0.1) is 42.1 Å². The number of ether oxygens (including phenoxy) is 2. The maximum absolute atomic E-state index is 14.9. The molecule has 6 rings (SSSR count). The van der Waals surface area contributed by atoms with Crippen LogP contribution in [0.4, 0.5) is 13.2 Å². The van der Waals surface area contributed by atoms with Crippen LogP contribution >= 0.6 is 0 Å². The fourth-order valence-corrected chi connectivity index (χ4v) is 6.45. The second kappa shape index (κ2) is 9.30. The molecule has 1 aromatic heterocycles. The molecule has 2 aromatic carbocycles. The van der Waals surface area contributed by atoms with Gasteiger partial charge >= 0.3 is 0 Å². The van der Waals surface area contributed by atoms with Crippen LogP contribution in [0.1, 0.15) is 47.9 Å². The molecule has 0 unspecified atom stereocenters. The molecule has 2 fully saturated rings. The summed E-state index contributed by atoms with van der Waals surface area (Å²) in [6, 6.07) is 7.07. The number of pyridine rings is 1. The number of benzene rings is 2. The predicted octanol–water partition coefficient (Wildman–Crippen LogP) is 6.55. The van der Waals surface area contributed by atoms with E-state index in [1.54, 1.807) is 20.0 Å². The Balaban J connectivity index is 1.16. The molecule has 3 atom stereocenters. The first-order valence-electron chi connectivity index (χ1n) is 13.1. The van der Waals surface area contributed by atoms with Crippen LogP contribution in [0.25, 0.3) is 11.1 Å². The summed E-state index contributed by atoms with van der Waals surface area (Å²) >= 11 is 0. The molecule has 3 aliphatic carbocycles. The van der Waals surface area contributed by atoms with Crippen LogP contribution < -0.4 is 9.47 Å². The molecule has 1 heterocycles. The lowest BCUT2D eigenvalue weighted by Gasteiger charge is -2.40. The zero-order valence-electron chi connectivity index (χ0n) is 21.8. The van der Waals surface area contributed by atoms with Crippen LogP contribution in [0.3, 0.4) is 0 Å². The topological polar surface area (TPSA) is 71.8 Å². The number of aryl methyl sites for hydroxylation is 1. The van der Waals surface area contributed by atoms with Crippen molar-refractivity contribution in [1.29, 1.82) is 0 Å². The fraction of sp³-hybridized carbons (Fsp3) is 0.387. The molecule has 8 heteroatoms. The van der Waals surface area contributed by atoms with Crippen LogP contribution in [0.15, 0.2) is 48.9 Å². The van der Waals surface area contributed by atoms with E-state index in [2.05, 4.69) is 11.6 Å². The number of aromatic nitrogens is 1. The molecule has 0 spiro atoms. The summed E-state index contributed by atoms with van der Waals surface area (Å²) in [5.41, 5.74) is 2.95. The van der Waals surface area contributed by atoms with E-state index in [0.717, 1.165) is 17.5 Å². The summed E-state index contributed by atoms with van der Waals surface area (Å²) in [6.07, 6.45) is 3.61. The van der Waals surface area contributed by atoms with E-state index < -0.39 is 28.8 Å². The second-order valence-corrected chi connectivity index (χ2v) is 11.5. The molecule has 0 saturated heterocycles. The fourth-order valence-electron chi connectivity index (χ4n) is 6.45. The van der Waals surface area contributed by atoms with Gasteiger partial charge in [0.15, 0.2) is 17.4 Å². The number of hydrogen-bond acceptors (Lipinski definition) is 5. The smallest absolute Gasteiger partial charge is 0.213 e. The van der Waals surface area contributed by atoms with Crippen molar-refractivity contribution in [2.45, 2.75) is 51.2 Å².